The number of carbonyl (C=O) groups is 2. The summed E-state index contributed by atoms with van der Waals surface area (Å²) in [4.78, 5) is 24.9. The summed E-state index contributed by atoms with van der Waals surface area (Å²) in [6.07, 6.45) is -1.31. The van der Waals surface area contributed by atoms with E-state index >= 15 is 0 Å². The first kappa shape index (κ1) is 23.1. The Bertz CT molecular complexity index is 1040. The Labute approximate surface area is 190 Å². The van der Waals surface area contributed by atoms with Crippen LogP contribution in [0.4, 0.5) is 14.5 Å². The van der Waals surface area contributed by atoms with Gasteiger partial charge in [-0.05, 0) is 48.2 Å². The van der Waals surface area contributed by atoms with Gasteiger partial charge >= 0.3 is 0 Å². The maximum Gasteiger partial charge on any atom is 0.262 e. The van der Waals surface area contributed by atoms with Gasteiger partial charge in [0.25, 0.3) is 5.91 Å². The molecule has 0 unspecified atom stereocenters. The van der Waals surface area contributed by atoms with Crippen molar-refractivity contribution < 1.29 is 28.2 Å². The molecular formula is C24H27F2N3O4. The lowest BCUT2D eigenvalue weighted by Crippen LogP contribution is -2.50. The number of rotatable bonds is 7. The molecule has 1 aliphatic carbocycles. The quantitative estimate of drug-likeness (QED) is 0.590. The monoisotopic (exact) mass is 459 g/mol. The lowest BCUT2D eigenvalue weighted by Gasteiger charge is -2.34. The van der Waals surface area contributed by atoms with E-state index in [-0.39, 0.29) is 25.9 Å². The number of piperidine rings is 1. The van der Waals surface area contributed by atoms with Crippen LogP contribution in [0.5, 0.6) is 5.75 Å². The Kier molecular flexibility index (Phi) is 6.62. The van der Waals surface area contributed by atoms with Crippen LogP contribution in [0.2, 0.25) is 0 Å². The van der Waals surface area contributed by atoms with E-state index in [1.165, 1.54) is 4.90 Å². The molecule has 0 radical (unpaired) electrons. The number of carbonyl (C=O) groups excluding carboxylic acids is 2. The molecule has 2 aromatic carbocycles. The summed E-state index contributed by atoms with van der Waals surface area (Å²) in [6.45, 7) is -0.294. The predicted octanol–water partition coefficient (Wildman–Crippen LogP) is 2.56. The molecule has 2 atom stereocenters. The van der Waals surface area contributed by atoms with Crippen LogP contribution in [0.1, 0.15) is 24.8 Å². The van der Waals surface area contributed by atoms with E-state index in [0.717, 1.165) is 11.1 Å². The number of hydrogen-bond acceptors (Lipinski definition) is 5. The summed E-state index contributed by atoms with van der Waals surface area (Å²) in [5.74, 6) is -0.660. The number of alkyl halides is 2. The smallest absolute Gasteiger partial charge is 0.262 e. The molecule has 0 bridgehead atoms. The Hall–Kier alpha value is -3.04. The minimum absolute atomic E-state index is 0.126. The molecule has 2 amide bonds. The number of nitrogens with one attached hydrogen (secondary N) is 1. The van der Waals surface area contributed by atoms with Crippen LogP contribution in [0.3, 0.4) is 0 Å². The van der Waals surface area contributed by atoms with Gasteiger partial charge in [-0.2, -0.15) is 0 Å². The third-order valence-electron chi connectivity index (χ3n) is 6.08. The second-order valence-corrected chi connectivity index (χ2v) is 8.49. The highest BCUT2D eigenvalue weighted by molar-refractivity contribution is 5.99. The number of halogens is 2. The third kappa shape index (κ3) is 5.15. The van der Waals surface area contributed by atoms with Gasteiger partial charge in [0, 0.05) is 30.8 Å². The van der Waals surface area contributed by atoms with E-state index in [1.807, 2.05) is 18.2 Å². The van der Waals surface area contributed by atoms with Crippen LogP contribution in [-0.4, -0.2) is 59.5 Å². The van der Waals surface area contributed by atoms with E-state index in [4.69, 9.17) is 15.6 Å². The second kappa shape index (κ2) is 9.44. The molecule has 2 aliphatic rings. The van der Waals surface area contributed by atoms with Crippen LogP contribution < -0.4 is 15.8 Å². The first-order valence-electron chi connectivity index (χ1n) is 11.0. The molecule has 1 saturated heterocycles. The molecule has 4 N–H and O–H groups in total. The van der Waals surface area contributed by atoms with Gasteiger partial charge in [-0.1, -0.05) is 18.2 Å². The van der Waals surface area contributed by atoms with Crippen LogP contribution in [-0.2, 0) is 16.1 Å². The number of amides is 2. The lowest BCUT2D eigenvalue weighted by atomic mass is 10.0. The maximum absolute atomic E-state index is 14.6. The van der Waals surface area contributed by atoms with Crippen LogP contribution in [0.15, 0.2) is 42.5 Å². The largest absolute Gasteiger partial charge is 0.487 e. The van der Waals surface area contributed by atoms with Crippen molar-refractivity contribution in [2.24, 2.45) is 5.73 Å². The van der Waals surface area contributed by atoms with E-state index in [0.29, 0.717) is 30.0 Å². The predicted molar refractivity (Wildman–Crippen MR) is 119 cm³/mol. The molecule has 7 nitrogen and oxygen atoms in total. The molecule has 2 fully saturated rings. The SMILES string of the molecule is NCc1cc(-c2cccc(NC(=O)C3(F)CC3)c2)ccc1O[C@H]1CCN(C(=O)CO)C[C@H]1F. The number of nitrogens with two attached hydrogens (primary N) is 1. The van der Waals surface area contributed by atoms with Gasteiger partial charge in [0.2, 0.25) is 5.91 Å². The topological polar surface area (TPSA) is 105 Å². The summed E-state index contributed by atoms with van der Waals surface area (Å²) in [5.41, 5.74) is 6.97. The third-order valence-corrected chi connectivity index (χ3v) is 6.08. The van der Waals surface area contributed by atoms with Crippen molar-refractivity contribution in [1.82, 2.24) is 4.90 Å². The van der Waals surface area contributed by atoms with Crippen LogP contribution in [0.25, 0.3) is 11.1 Å². The van der Waals surface area contributed by atoms with Crippen molar-refractivity contribution in [3.05, 3.63) is 48.0 Å². The number of aliphatic hydroxyl groups is 1. The minimum Gasteiger partial charge on any atom is -0.487 e. The first-order valence-corrected chi connectivity index (χ1v) is 11.0. The number of nitrogens with zero attached hydrogens (tertiary/aromatic N) is 1. The van der Waals surface area contributed by atoms with Crippen molar-refractivity contribution in [1.29, 1.82) is 0 Å². The normalized spacial score (nSPS) is 21.4. The summed E-state index contributed by atoms with van der Waals surface area (Å²) in [6, 6.07) is 12.5. The Balaban J connectivity index is 1.47. The van der Waals surface area contributed by atoms with E-state index in [1.54, 1.807) is 24.3 Å². The first-order chi connectivity index (χ1) is 15.8. The fourth-order valence-corrected chi connectivity index (χ4v) is 3.90. The molecular weight excluding hydrogens is 432 g/mol. The number of likely N-dealkylation sites (tertiary alicyclic amines) is 1. The Morgan fingerprint density at radius 1 is 1.21 bits per heavy atom. The average molecular weight is 459 g/mol. The summed E-state index contributed by atoms with van der Waals surface area (Å²) in [7, 11) is 0. The summed E-state index contributed by atoms with van der Waals surface area (Å²) in [5, 5.41) is 11.6. The summed E-state index contributed by atoms with van der Waals surface area (Å²) < 4.78 is 34.5. The number of anilines is 1. The lowest BCUT2D eigenvalue weighted by molar-refractivity contribution is -0.138. The highest BCUT2D eigenvalue weighted by Crippen LogP contribution is 2.41. The molecule has 9 heteroatoms. The molecule has 0 aromatic heterocycles. The van der Waals surface area contributed by atoms with Gasteiger partial charge in [0.15, 0.2) is 11.8 Å². The Morgan fingerprint density at radius 3 is 2.64 bits per heavy atom. The average Bonchev–Trinajstić information content (AvgIpc) is 3.58. The number of ether oxygens (including phenoxy) is 1. The molecule has 1 heterocycles. The van der Waals surface area contributed by atoms with E-state index in [2.05, 4.69) is 5.32 Å². The van der Waals surface area contributed by atoms with Crippen molar-refractivity contribution in [2.75, 3.05) is 25.0 Å². The Morgan fingerprint density at radius 2 is 1.97 bits per heavy atom. The van der Waals surface area contributed by atoms with Gasteiger partial charge in [0.1, 0.15) is 18.5 Å². The summed E-state index contributed by atoms with van der Waals surface area (Å²) >= 11 is 0. The highest BCUT2D eigenvalue weighted by atomic mass is 19.1. The molecule has 1 aliphatic heterocycles. The number of aliphatic hydroxyl groups excluding tert-OH is 1. The van der Waals surface area contributed by atoms with Crippen LogP contribution in [0, 0.1) is 0 Å². The van der Waals surface area contributed by atoms with Crippen molar-refractivity contribution in [3.8, 4) is 16.9 Å². The standard InChI is InChI=1S/C24H27F2N3O4/c25-19-13-29(22(31)14-30)9-6-21(19)33-20-5-4-16(10-17(20)12-27)15-2-1-3-18(11-15)28-23(32)24(26)7-8-24/h1-5,10-11,19,21,30H,6-9,12-14,27H2,(H,28,32)/t19-,21+/m1/s1. The molecule has 33 heavy (non-hydrogen) atoms. The van der Waals surface area contributed by atoms with Gasteiger partial charge in [0.05, 0.1) is 6.54 Å². The molecule has 176 valence electrons. The van der Waals surface area contributed by atoms with Gasteiger partial charge in [-0.15, -0.1) is 0 Å². The minimum atomic E-state index is -1.75. The van der Waals surface area contributed by atoms with Gasteiger partial charge in [-0.3, -0.25) is 9.59 Å². The fraction of sp³-hybridized carbons (Fsp3) is 0.417. The zero-order valence-electron chi connectivity index (χ0n) is 18.1. The highest BCUT2D eigenvalue weighted by Gasteiger charge is 2.50. The van der Waals surface area contributed by atoms with Crippen molar-refractivity contribution >= 4 is 17.5 Å². The molecule has 2 aromatic rings. The second-order valence-electron chi connectivity index (χ2n) is 8.49. The number of benzene rings is 2. The van der Waals surface area contributed by atoms with Crippen molar-refractivity contribution in [3.63, 3.8) is 0 Å². The van der Waals surface area contributed by atoms with Gasteiger partial charge < -0.3 is 25.8 Å². The molecule has 4 rings (SSSR count). The van der Waals surface area contributed by atoms with E-state index < -0.39 is 36.4 Å². The zero-order valence-corrected chi connectivity index (χ0v) is 18.1. The van der Waals surface area contributed by atoms with Gasteiger partial charge in [-0.25, -0.2) is 8.78 Å². The van der Waals surface area contributed by atoms with Crippen LogP contribution >= 0.6 is 0 Å². The molecule has 0 spiro atoms. The molecule has 1 saturated carbocycles. The maximum atomic E-state index is 14.6. The fourth-order valence-electron chi connectivity index (χ4n) is 3.90. The zero-order chi connectivity index (χ0) is 23.6. The van der Waals surface area contributed by atoms with Crippen molar-refractivity contribution in [2.45, 2.75) is 43.8 Å². The van der Waals surface area contributed by atoms with E-state index in [9.17, 15) is 18.4 Å². The number of hydrogen-bond donors (Lipinski definition) is 3.